The van der Waals surface area contributed by atoms with Crippen molar-refractivity contribution in [3.05, 3.63) is 57.8 Å². The van der Waals surface area contributed by atoms with Crippen LogP contribution < -0.4 is 5.43 Å². The molecule has 0 aliphatic heterocycles. The third-order valence-electron chi connectivity index (χ3n) is 2.76. The van der Waals surface area contributed by atoms with Gasteiger partial charge in [-0.05, 0) is 30.4 Å². The van der Waals surface area contributed by atoms with Crippen molar-refractivity contribution in [2.75, 3.05) is 0 Å². The number of hydrazone groups is 1. The van der Waals surface area contributed by atoms with E-state index in [0.717, 1.165) is 17.7 Å². The van der Waals surface area contributed by atoms with E-state index in [4.69, 9.17) is 0 Å². The van der Waals surface area contributed by atoms with Gasteiger partial charge in [0.2, 0.25) is 0 Å². The topological polar surface area (TPSA) is 41.5 Å². The van der Waals surface area contributed by atoms with Gasteiger partial charge in [-0.15, -0.1) is 11.3 Å². The SMILES string of the molecule is CC/C(=N/NC(=O)c1cccs1)c1ccc(C)cc1. The van der Waals surface area contributed by atoms with Gasteiger partial charge >= 0.3 is 0 Å². The van der Waals surface area contributed by atoms with Crippen LogP contribution in [0.4, 0.5) is 0 Å². The van der Waals surface area contributed by atoms with Crippen LogP contribution in [-0.4, -0.2) is 11.6 Å². The third-order valence-corrected chi connectivity index (χ3v) is 3.63. The highest BCUT2D eigenvalue weighted by molar-refractivity contribution is 7.12. The van der Waals surface area contributed by atoms with Gasteiger partial charge in [-0.2, -0.15) is 5.10 Å². The number of thiophene rings is 1. The summed E-state index contributed by atoms with van der Waals surface area (Å²) in [5.74, 6) is -0.159. The van der Waals surface area contributed by atoms with Gasteiger partial charge < -0.3 is 0 Å². The quantitative estimate of drug-likeness (QED) is 0.670. The van der Waals surface area contributed by atoms with E-state index in [0.29, 0.717) is 4.88 Å². The van der Waals surface area contributed by atoms with Crippen molar-refractivity contribution >= 4 is 23.0 Å². The molecular weight excluding hydrogens is 256 g/mol. The van der Waals surface area contributed by atoms with Crippen molar-refractivity contribution in [2.24, 2.45) is 5.10 Å². The Hall–Kier alpha value is -1.94. The van der Waals surface area contributed by atoms with Crippen LogP contribution in [0.1, 0.15) is 34.1 Å². The number of carbonyl (C=O) groups is 1. The zero-order valence-corrected chi connectivity index (χ0v) is 11.8. The first-order valence-electron chi connectivity index (χ1n) is 6.18. The summed E-state index contributed by atoms with van der Waals surface area (Å²) in [5, 5.41) is 6.10. The van der Waals surface area contributed by atoms with Crippen LogP contribution in [0.3, 0.4) is 0 Å². The number of benzene rings is 1. The summed E-state index contributed by atoms with van der Waals surface area (Å²) in [6.45, 7) is 4.07. The van der Waals surface area contributed by atoms with Gasteiger partial charge in [-0.1, -0.05) is 42.8 Å². The molecule has 19 heavy (non-hydrogen) atoms. The molecule has 0 aliphatic carbocycles. The molecule has 1 heterocycles. The molecule has 1 N–H and O–H groups in total. The standard InChI is InChI=1S/C15H16N2OS/c1-3-13(12-8-6-11(2)7-9-12)16-17-15(18)14-5-4-10-19-14/h4-10H,3H2,1-2H3,(H,17,18)/b16-13-. The lowest BCUT2D eigenvalue weighted by atomic mass is 10.1. The Kier molecular flexibility index (Phi) is 4.47. The average Bonchev–Trinajstić information content (AvgIpc) is 2.95. The number of hydrogen-bond donors (Lipinski definition) is 1. The maximum atomic E-state index is 11.8. The zero-order chi connectivity index (χ0) is 13.7. The van der Waals surface area contributed by atoms with Crippen molar-refractivity contribution in [3.63, 3.8) is 0 Å². The largest absolute Gasteiger partial charge is 0.281 e. The van der Waals surface area contributed by atoms with Crippen molar-refractivity contribution in [3.8, 4) is 0 Å². The van der Waals surface area contributed by atoms with E-state index in [1.807, 2.05) is 49.6 Å². The lowest BCUT2D eigenvalue weighted by Crippen LogP contribution is -2.18. The summed E-state index contributed by atoms with van der Waals surface area (Å²) in [7, 11) is 0. The van der Waals surface area contributed by atoms with E-state index in [1.165, 1.54) is 16.9 Å². The average molecular weight is 272 g/mol. The number of nitrogens with one attached hydrogen (secondary N) is 1. The van der Waals surface area contributed by atoms with E-state index in [9.17, 15) is 4.79 Å². The molecule has 1 aromatic carbocycles. The van der Waals surface area contributed by atoms with Crippen LogP contribution in [0, 0.1) is 6.92 Å². The normalized spacial score (nSPS) is 11.4. The zero-order valence-electron chi connectivity index (χ0n) is 11.0. The molecule has 0 unspecified atom stereocenters. The second-order valence-corrected chi connectivity index (χ2v) is 5.14. The minimum atomic E-state index is -0.159. The Bertz CT molecular complexity index is 571. The molecule has 1 amide bonds. The predicted octanol–water partition coefficient (Wildman–Crippen LogP) is 3.60. The number of hydrogen-bond acceptors (Lipinski definition) is 3. The van der Waals surface area contributed by atoms with Crippen LogP contribution in [0.2, 0.25) is 0 Å². The van der Waals surface area contributed by atoms with Gasteiger partial charge in [0.1, 0.15) is 0 Å². The summed E-state index contributed by atoms with van der Waals surface area (Å²) in [6, 6.07) is 11.8. The van der Waals surface area contributed by atoms with Gasteiger partial charge in [0.05, 0.1) is 10.6 Å². The first kappa shape index (κ1) is 13.5. The van der Waals surface area contributed by atoms with Crippen LogP contribution in [-0.2, 0) is 0 Å². The monoisotopic (exact) mass is 272 g/mol. The lowest BCUT2D eigenvalue weighted by Gasteiger charge is -2.05. The Morgan fingerprint density at radius 2 is 2.00 bits per heavy atom. The van der Waals surface area contributed by atoms with Gasteiger partial charge in [-0.25, -0.2) is 5.43 Å². The fourth-order valence-corrected chi connectivity index (χ4v) is 2.29. The summed E-state index contributed by atoms with van der Waals surface area (Å²) in [6.07, 6.45) is 0.772. The van der Waals surface area contributed by atoms with E-state index >= 15 is 0 Å². The van der Waals surface area contributed by atoms with E-state index in [-0.39, 0.29) is 5.91 Å². The van der Waals surface area contributed by atoms with Crippen molar-refractivity contribution in [1.82, 2.24) is 5.43 Å². The maximum Gasteiger partial charge on any atom is 0.281 e. The fourth-order valence-electron chi connectivity index (χ4n) is 1.67. The molecule has 0 saturated carbocycles. The maximum absolute atomic E-state index is 11.8. The molecule has 98 valence electrons. The van der Waals surface area contributed by atoms with Gasteiger partial charge in [-0.3, -0.25) is 4.79 Å². The molecule has 0 spiro atoms. The Labute approximate surface area is 117 Å². The molecule has 0 bridgehead atoms. The van der Waals surface area contributed by atoms with Crippen LogP contribution >= 0.6 is 11.3 Å². The number of nitrogens with zero attached hydrogens (tertiary/aromatic N) is 1. The smallest absolute Gasteiger partial charge is 0.266 e. The first-order valence-corrected chi connectivity index (χ1v) is 7.06. The van der Waals surface area contributed by atoms with Crippen LogP contribution in [0.25, 0.3) is 0 Å². The summed E-state index contributed by atoms with van der Waals surface area (Å²) < 4.78 is 0. The van der Waals surface area contributed by atoms with Crippen molar-refractivity contribution < 1.29 is 4.79 Å². The second-order valence-electron chi connectivity index (χ2n) is 4.20. The summed E-state index contributed by atoms with van der Waals surface area (Å²) in [5.41, 5.74) is 5.74. The number of amides is 1. The molecule has 1 aromatic heterocycles. The minimum absolute atomic E-state index is 0.159. The molecule has 2 rings (SSSR count). The molecule has 0 fully saturated rings. The molecule has 0 radical (unpaired) electrons. The number of rotatable bonds is 4. The fraction of sp³-hybridized carbons (Fsp3) is 0.200. The van der Waals surface area contributed by atoms with Gasteiger partial charge in [0, 0.05) is 0 Å². The Morgan fingerprint density at radius 1 is 1.26 bits per heavy atom. The number of aryl methyl sites for hydroxylation is 1. The summed E-state index contributed by atoms with van der Waals surface area (Å²) in [4.78, 5) is 12.5. The van der Waals surface area contributed by atoms with E-state index in [2.05, 4.69) is 10.5 Å². The predicted molar refractivity (Wildman–Crippen MR) is 79.8 cm³/mol. The van der Waals surface area contributed by atoms with Crippen LogP contribution in [0.15, 0.2) is 46.9 Å². The first-order chi connectivity index (χ1) is 9.20. The Balaban J connectivity index is 2.11. The molecule has 4 heteroatoms. The molecule has 0 atom stereocenters. The van der Waals surface area contributed by atoms with E-state index in [1.54, 1.807) is 6.07 Å². The Morgan fingerprint density at radius 3 is 2.58 bits per heavy atom. The molecule has 0 saturated heterocycles. The summed E-state index contributed by atoms with van der Waals surface area (Å²) >= 11 is 1.41. The molecule has 0 aliphatic rings. The third kappa shape index (κ3) is 3.51. The van der Waals surface area contributed by atoms with Crippen molar-refractivity contribution in [2.45, 2.75) is 20.3 Å². The van der Waals surface area contributed by atoms with E-state index < -0.39 is 0 Å². The minimum Gasteiger partial charge on any atom is -0.266 e. The molecule has 3 nitrogen and oxygen atoms in total. The van der Waals surface area contributed by atoms with Gasteiger partial charge in [0.25, 0.3) is 5.91 Å². The lowest BCUT2D eigenvalue weighted by molar-refractivity contribution is 0.0959. The highest BCUT2D eigenvalue weighted by atomic mass is 32.1. The highest BCUT2D eigenvalue weighted by Crippen LogP contribution is 2.09. The van der Waals surface area contributed by atoms with Gasteiger partial charge in [0.15, 0.2) is 0 Å². The van der Waals surface area contributed by atoms with Crippen molar-refractivity contribution in [1.29, 1.82) is 0 Å². The molecule has 2 aromatic rings. The highest BCUT2D eigenvalue weighted by Gasteiger charge is 2.06. The molecular formula is C15H16N2OS. The second kappa shape index (κ2) is 6.29. The number of carbonyl (C=O) groups excluding carboxylic acids is 1. The van der Waals surface area contributed by atoms with Crippen LogP contribution in [0.5, 0.6) is 0 Å².